The summed E-state index contributed by atoms with van der Waals surface area (Å²) in [5, 5.41) is 3.19. The van der Waals surface area contributed by atoms with Crippen LogP contribution in [0.5, 0.6) is 0 Å². The van der Waals surface area contributed by atoms with Crippen LogP contribution in [0.25, 0.3) is 61.3 Å². The predicted octanol–water partition coefficient (Wildman–Crippen LogP) is 11.0. The molecule has 3 heterocycles. The molecule has 0 unspecified atom stereocenters. The van der Waals surface area contributed by atoms with Crippen molar-refractivity contribution >= 4 is 46.2 Å². The Hall–Kier alpha value is -4.61. The van der Waals surface area contributed by atoms with Crippen molar-refractivity contribution in [2.24, 2.45) is 5.92 Å². The van der Waals surface area contributed by atoms with Crippen LogP contribution in [0.3, 0.4) is 0 Å². The summed E-state index contributed by atoms with van der Waals surface area (Å²) < 4.78 is 47.8. The second-order valence-electron chi connectivity index (χ2n) is 13.5. The first kappa shape index (κ1) is 29.1. The topological polar surface area (TPSA) is 43.9 Å². The first-order chi connectivity index (χ1) is 25.6. The summed E-state index contributed by atoms with van der Waals surface area (Å²) >= 11 is 0. The van der Waals surface area contributed by atoms with E-state index in [1.54, 1.807) is 18.3 Å². The Labute approximate surface area is 316 Å². The van der Waals surface area contributed by atoms with Crippen molar-refractivity contribution in [3.8, 4) is 28.3 Å². The van der Waals surface area contributed by atoms with Gasteiger partial charge in [-0.1, -0.05) is 112 Å². The number of hydrogen-bond acceptors (Lipinski definition) is 3. The molecular weight excluding hydrogens is 807 g/mol. The quantitative estimate of drug-likeness (QED) is 0.124. The number of benzene rings is 5. The van der Waals surface area contributed by atoms with E-state index in [9.17, 15) is 0 Å². The number of hydrogen-bond donors (Lipinski definition) is 0. The fourth-order valence-electron chi connectivity index (χ4n) is 6.05. The zero-order chi connectivity index (χ0) is 38.4. The van der Waals surface area contributed by atoms with Gasteiger partial charge in [-0.3, -0.25) is 4.98 Å². The zero-order valence-corrected chi connectivity index (χ0v) is 32.1. The molecule has 0 aliphatic rings. The van der Waals surface area contributed by atoms with E-state index < -0.39 is 21.3 Å². The molecule has 0 saturated carbocycles. The Morgan fingerprint density at radius 2 is 1.56 bits per heavy atom. The van der Waals surface area contributed by atoms with Gasteiger partial charge in [0.15, 0.2) is 0 Å². The van der Waals surface area contributed by atoms with E-state index in [0.717, 1.165) is 55.2 Å². The summed E-state index contributed by atoms with van der Waals surface area (Å²) in [4.78, 5) is 9.45. The number of aromatic nitrogens is 3. The van der Waals surface area contributed by atoms with Gasteiger partial charge in [-0.05, 0) is 58.9 Å². The monoisotopic (exact) mass is 853 g/mol. The summed E-state index contributed by atoms with van der Waals surface area (Å²) in [6.45, 7) is 8.14. The maximum absolute atomic E-state index is 8.59. The molecule has 8 aromatic rings. The molecule has 0 aliphatic heterocycles. The van der Waals surface area contributed by atoms with Crippen LogP contribution in [0, 0.1) is 24.9 Å². The fraction of sp³-hybridized carbons (Fsp3) is 0.182. The molecule has 1 radical (unpaired) electrons. The number of furan rings is 1. The molecule has 0 saturated heterocycles. The van der Waals surface area contributed by atoms with Crippen molar-refractivity contribution in [2.75, 3.05) is 0 Å². The van der Waals surface area contributed by atoms with Gasteiger partial charge in [0, 0.05) is 38.8 Å². The second-order valence-corrected chi connectivity index (χ2v) is 18.5. The first-order valence-electron chi connectivity index (χ1n) is 19.0. The van der Waals surface area contributed by atoms with Crippen LogP contribution in [0.1, 0.15) is 31.8 Å². The number of nitrogens with zero attached hydrogens (tertiary/aromatic N) is 3. The van der Waals surface area contributed by atoms with E-state index in [1.165, 1.54) is 6.07 Å². The standard InChI is InChI=1S/C25H15N2O.C19H26NSi.Ir/c1-2-8-18(9-3-1)27-22-12-6-5-11-21(22)26-25(27)17-14-15-20-19-10-4-7-13-23(19)28-24(20)16-17;1-14(2)11-17-12-18(16-9-7-15(3)8-10-16)20-13-19(17)21(4,5)6;/h1-13,15-16H;7-9,12-14H,11H2,1-6H3;/q2*-1;/i;3D3,11D2;. The smallest absolute Gasteiger partial charge is 0.123 e. The third-order valence-electron chi connectivity index (χ3n) is 8.37. The second kappa shape index (κ2) is 14.7. The van der Waals surface area contributed by atoms with Crippen LogP contribution in [-0.2, 0) is 26.5 Å². The summed E-state index contributed by atoms with van der Waals surface area (Å²) in [5.74, 6) is 0.685. The number of fused-ring (bicyclic) bond motifs is 4. The molecule has 0 atom stereocenters. The van der Waals surface area contributed by atoms with Crippen molar-refractivity contribution in [3.63, 3.8) is 0 Å². The van der Waals surface area contributed by atoms with E-state index in [0.29, 0.717) is 16.8 Å². The Kier molecular flexibility index (Phi) is 8.57. The van der Waals surface area contributed by atoms with Crippen LogP contribution in [-0.4, -0.2) is 22.6 Å². The number of pyridine rings is 1. The molecule has 3 aromatic heterocycles. The number of para-hydroxylation sites is 4. The van der Waals surface area contributed by atoms with Crippen LogP contribution in [0.15, 0.2) is 126 Å². The van der Waals surface area contributed by atoms with Gasteiger partial charge in [-0.15, -0.1) is 53.1 Å². The van der Waals surface area contributed by atoms with Crippen LogP contribution in [0.2, 0.25) is 19.6 Å². The van der Waals surface area contributed by atoms with Crippen LogP contribution < -0.4 is 5.19 Å². The summed E-state index contributed by atoms with van der Waals surface area (Å²) in [6.07, 6.45) is 0.328. The first-order valence-corrected chi connectivity index (χ1v) is 20.0. The average Bonchev–Trinajstić information content (AvgIpc) is 3.73. The van der Waals surface area contributed by atoms with Gasteiger partial charge in [-0.25, -0.2) is 0 Å². The van der Waals surface area contributed by atoms with E-state index >= 15 is 0 Å². The molecule has 50 heavy (non-hydrogen) atoms. The molecular formula is C44H41IrN3OSi-2. The minimum absolute atomic E-state index is 0. The molecule has 4 nitrogen and oxygen atoms in total. The normalized spacial score (nSPS) is 13.5. The number of imidazole rings is 1. The van der Waals surface area contributed by atoms with Gasteiger partial charge in [0.1, 0.15) is 5.58 Å². The molecule has 253 valence electrons. The minimum Gasteiger partial charge on any atom is -0.476 e. The number of rotatable bonds is 6. The van der Waals surface area contributed by atoms with Gasteiger partial charge in [-0.2, -0.15) is 0 Å². The Balaban J connectivity index is 0.000000185. The maximum Gasteiger partial charge on any atom is 0.123 e. The van der Waals surface area contributed by atoms with E-state index in [-0.39, 0.29) is 31.6 Å². The van der Waals surface area contributed by atoms with Gasteiger partial charge < -0.3 is 14.0 Å². The SMILES string of the molecule is [2H]C([2H])([2H])c1c[c-]c(-c2cc(C([2H])([2H])C(C)C)c([Si](C)(C)C)cn2)cc1.[Ir].[c-]1cc2c(cc1-c1nc3ccccc3n1-c1ccccc1)oc1ccccc12. The molecule has 0 bridgehead atoms. The minimum atomic E-state index is -2.16. The molecule has 0 N–H and O–H groups in total. The van der Waals surface area contributed by atoms with Crippen molar-refractivity contribution in [1.82, 2.24) is 14.5 Å². The van der Waals surface area contributed by atoms with Crippen molar-refractivity contribution in [2.45, 2.75) is 46.7 Å². The van der Waals surface area contributed by atoms with Gasteiger partial charge in [0.05, 0.1) is 30.5 Å². The van der Waals surface area contributed by atoms with Crippen LogP contribution >= 0.6 is 0 Å². The van der Waals surface area contributed by atoms with Gasteiger partial charge >= 0.3 is 0 Å². The maximum atomic E-state index is 8.59. The molecule has 5 aromatic carbocycles. The molecule has 8 rings (SSSR count). The summed E-state index contributed by atoms with van der Waals surface area (Å²) in [5.41, 5.74) is 7.95. The number of aryl methyl sites for hydroxylation is 1. The average molecular weight is 853 g/mol. The summed E-state index contributed by atoms with van der Waals surface area (Å²) in [7, 11) is -1.78. The molecule has 0 spiro atoms. The van der Waals surface area contributed by atoms with E-state index in [2.05, 4.69) is 65.6 Å². The van der Waals surface area contributed by atoms with Crippen molar-refractivity contribution in [3.05, 3.63) is 145 Å². The molecule has 0 aliphatic carbocycles. The Bertz CT molecular complexity index is 2590. The predicted molar refractivity (Wildman–Crippen MR) is 207 cm³/mol. The summed E-state index contributed by atoms with van der Waals surface area (Å²) in [6, 6.07) is 43.6. The van der Waals surface area contributed by atoms with E-state index in [4.69, 9.17) is 16.3 Å². The van der Waals surface area contributed by atoms with Gasteiger partial charge in [0.25, 0.3) is 0 Å². The Morgan fingerprint density at radius 1 is 0.820 bits per heavy atom. The van der Waals surface area contributed by atoms with E-state index in [1.807, 2.05) is 86.6 Å². The molecule has 6 heteroatoms. The van der Waals surface area contributed by atoms with Gasteiger partial charge in [0.2, 0.25) is 0 Å². The molecule has 0 amide bonds. The largest absolute Gasteiger partial charge is 0.476 e. The van der Waals surface area contributed by atoms with Crippen molar-refractivity contribution < 1.29 is 31.4 Å². The fourth-order valence-corrected chi connectivity index (χ4v) is 7.46. The zero-order valence-electron chi connectivity index (χ0n) is 33.7. The van der Waals surface area contributed by atoms with Crippen molar-refractivity contribution in [1.29, 1.82) is 0 Å². The van der Waals surface area contributed by atoms with Crippen LogP contribution in [0.4, 0.5) is 0 Å². The Morgan fingerprint density at radius 3 is 2.30 bits per heavy atom. The molecule has 0 fully saturated rings. The third kappa shape index (κ3) is 7.29. The third-order valence-corrected chi connectivity index (χ3v) is 10.4.